The first-order valence-electron chi connectivity index (χ1n) is 8.87. The molecule has 0 spiro atoms. The smallest absolute Gasteiger partial charge is 0.251 e. The van der Waals surface area contributed by atoms with Crippen molar-refractivity contribution in [1.29, 1.82) is 0 Å². The van der Waals surface area contributed by atoms with Crippen molar-refractivity contribution in [1.82, 2.24) is 5.32 Å². The molecule has 0 aromatic heterocycles. The van der Waals surface area contributed by atoms with Crippen LogP contribution in [-0.2, 0) is 11.2 Å². The predicted molar refractivity (Wildman–Crippen MR) is 91.7 cm³/mol. The Kier molecular flexibility index (Phi) is 4.99. The van der Waals surface area contributed by atoms with Crippen LogP contribution < -0.4 is 10.2 Å². The van der Waals surface area contributed by atoms with Crippen molar-refractivity contribution >= 4 is 17.5 Å². The SMILES string of the molecule is CC(=O)N1CCc2cc(C(=O)NC3CCCCCCC3)ccc21. The van der Waals surface area contributed by atoms with Crippen molar-refractivity contribution < 1.29 is 9.59 Å². The monoisotopic (exact) mass is 314 g/mol. The van der Waals surface area contributed by atoms with Crippen molar-refractivity contribution in [2.24, 2.45) is 0 Å². The summed E-state index contributed by atoms with van der Waals surface area (Å²) in [6.45, 7) is 2.31. The van der Waals surface area contributed by atoms with Crippen LogP contribution in [0, 0.1) is 0 Å². The van der Waals surface area contributed by atoms with Crippen molar-refractivity contribution in [3.63, 3.8) is 0 Å². The number of fused-ring (bicyclic) bond motifs is 1. The van der Waals surface area contributed by atoms with Gasteiger partial charge in [-0.2, -0.15) is 0 Å². The van der Waals surface area contributed by atoms with Crippen molar-refractivity contribution in [2.75, 3.05) is 11.4 Å². The van der Waals surface area contributed by atoms with E-state index in [4.69, 9.17) is 0 Å². The van der Waals surface area contributed by atoms with Gasteiger partial charge in [0.1, 0.15) is 0 Å². The second kappa shape index (κ2) is 7.16. The van der Waals surface area contributed by atoms with Crippen LogP contribution in [0.3, 0.4) is 0 Å². The molecule has 0 bridgehead atoms. The summed E-state index contributed by atoms with van der Waals surface area (Å²) >= 11 is 0. The van der Waals surface area contributed by atoms with Crippen LogP contribution in [0.25, 0.3) is 0 Å². The highest BCUT2D eigenvalue weighted by Gasteiger charge is 2.23. The molecule has 1 fully saturated rings. The van der Waals surface area contributed by atoms with Gasteiger partial charge in [0.25, 0.3) is 5.91 Å². The zero-order valence-electron chi connectivity index (χ0n) is 13.9. The molecule has 1 aromatic carbocycles. The molecule has 0 saturated heterocycles. The second-order valence-electron chi connectivity index (χ2n) is 6.78. The Morgan fingerprint density at radius 1 is 1.09 bits per heavy atom. The first-order valence-corrected chi connectivity index (χ1v) is 8.87. The number of anilines is 1. The van der Waals surface area contributed by atoms with Crippen molar-refractivity contribution in [2.45, 2.75) is 64.3 Å². The summed E-state index contributed by atoms with van der Waals surface area (Å²) in [7, 11) is 0. The topological polar surface area (TPSA) is 49.4 Å². The predicted octanol–water partition coefficient (Wildman–Crippen LogP) is 3.44. The van der Waals surface area contributed by atoms with Gasteiger partial charge in [0.2, 0.25) is 5.91 Å². The first-order chi connectivity index (χ1) is 11.1. The van der Waals surface area contributed by atoms with E-state index in [9.17, 15) is 9.59 Å². The van der Waals surface area contributed by atoms with E-state index in [0.717, 1.165) is 42.6 Å². The molecule has 1 heterocycles. The molecule has 1 aliphatic carbocycles. The van der Waals surface area contributed by atoms with Crippen LogP contribution in [0.4, 0.5) is 5.69 Å². The maximum absolute atomic E-state index is 12.5. The Hall–Kier alpha value is -1.84. The minimum Gasteiger partial charge on any atom is -0.349 e. The van der Waals surface area contributed by atoms with Gasteiger partial charge in [-0.1, -0.05) is 32.1 Å². The molecule has 4 heteroatoms. The van der Waals surface area contributed by atoms with Crippen LogP contribution in [0.1, 0.15) is 67.8 Å². The minimum atomic E-state index is 0.0275. The third kappa shape index (κ3) is 3.74. The average molecular weight is 314 g/mol. The Bertz CT molecular complexity index is 589. The van der Waals surface area contributed by atoms with Gasteiger partial charge in [-0.25, -0.2) is 0 Å². The van der Waals surface area contributed by atoms with Gasteiger partial charge in [-0.15, -0.1) is 0 Å². The summed E-state index contributed by atoms with van der Waals surface area (Å²) < 4.78 is 0. The summed E-state index contributed by atoms with van der Waals surface area (Å²) in [5.74, 6) is 0.0927. The Labute approximate surface area is 138 Å². The lowest BCUT2D eigenvalue weighted by atomic mass is 9.96. The number of nitrogens with zero attached hydrogens (tertiary/aromatic N) is 1. The fraction of sp³-hybridized carbons (Fsp3) is 0.579. The molecule has 1 aromatic rings. The third-order valence-corrected chi connectivity index (χ3v) is 5.06. The molecule has 1 N–H and O–H groups in total. The standard InChI is InChI=1S/C19H26N2O2/c1-14(22)21-12-11-15-13-16(9-10-18(15)21)19(23)20-17-7-5-3-2-4-6-8-17/h9-10,13,17H,2-8,11-12H2,1H3,(H,20,23). The van der Waals surface area contributed by atoms with Crippen molar-refractivity contribution in [3.8, 4) is 0 Å². The summed E-state index contributed by atoms with van der Waals surface area (Å²) in [5, 5.41) is 3.21. The quantitative estimate of drug-likeness (QED) is 0.909. The molecular weight excluding hydrogens is 288 g/mol. The highest BCUT2D eigenvalue weighted by Crippen LogP contribution is 2.29. The summed E-state index contributed by atoms with van der Waals surface area (Å²) in [6, 6.07) is 6.02. The lowest BCUT2D eigenvalue weighted by Crippen LogP contribution is -2.35. The van der Waals surface area contributed by atoms with Gasteiger partial charge in [-0.3, -0.25) is 9.59 Å². The van der Waals surface area contributed by atoms with E-state index in [1.54, 1.807) is 11.8 Å². The molecule has 1 aliphatic heterocycles. The highest BCUT2D eigenvalue weighted by atomic mass is 16.2. The largest absolute Gasteiger partial charge is 0.349 e. The maximum atomic E-state index is 12.5. The number of nitrogens with one attached hydrogen (secondary N) is 1. The average Bonchev–Trinajstić information content (AvgIpc) is 2.92. The van der Waals surface area contributed by atoms with Crippen LogP contribution in [0.15, 0.2) is 18.2 Å². The van der Waals surface area contributed by atoms with Gasteiger partial charge in [0.05, 0.1) is 0 Å². The van der Waals surface area contributed by atoms with E-state index in [1.807, 2.05) is 18.2 Å². The maximum Gasteiger partial charge on any atom is 0.251 e. The summed E-state index contributed by atoms with van der Waals surface area (Å²) in [5.41, 5.74) is 2.78. The molecule has 124 valence electrons. The summed E-state index contributed by atoms with van der Waals surface area (Å²) in [6.07, 6.45) is 9.34. The fourth-order valence-corrected chi connectivity index (χ4v) is 3.74. The Morgan fingerprint density at radius 2 is 1.78 bits per heavy atom. The first kappa shape index (κ1) is 16.0. The third-order valence-electron chi connectivity index (χ3n) is 5.06. The molecule has 0 radical (unpaired) electrons. The molecule has 4 nitrogen and oxygen atoms in total. The van der Waals surface area contributed by atoms with Crippen molar-refractivity contribution in [3.05, 3.63) is 29.3 Å². The van der Waals surface area contributed by atoms with E-state index in [1.165, 1.54) is 32.1 Å². The summed E-state index contributed by atoms with van der Waals surface area (Å²) in [4.78, 5) is 25.9. The number of carbonyl (C=O) groups is 2. The number of rotatable bonds is 2. The lowest BCUT2D eigenvalue weighted by molar-refractivity contribution is -0.116. The molecule has 2 aliphatic rings. The van der Waals surface area contributed by atoms with E-state index in [-0.39, 0.29) is 11.8 Å². The molecular formula is C19H26N2O2. The van der Waals surface area contributed by atoms with E-state index in [2.05, 4.69) is 5.32 Å². The van der Waals surface area contributed by atoms with Crippen LogP contribution >= 0.6 is 0 Å². The van der Waals surface area contributed by atoms with E-state index in [0.29, 0.717) is 6.04 Å². The molecule has 2 amide bonds. The van der Waals surface area contributed by atoms with Gasteiger partial charge in [0.15, 0.2) is 0 Å². The zero-order chi connectivity index (χ0) is 16.2. The van der Waals surface area contributed by atoms with Crippen LogP contribution in [0.5, 0.6) is 0 Å². The molecule has 0 unspecified atom stereocenters. The van der Waals surface area contributed by atoms with Gasteiger partial charge in [0, 0.05) is 30.8 Å². The Morgan fingerprint density at radius 3 is 2.48 bits per heavy atom. The lowest BCUT2D eigenvalue weighted by Gasteiger charge is -2.21. The normalized spacial score (nSPS) is 18.9. The number of hydrogen-bond donors (Lipinski definition) is 1. The fourth-order valence-electron chi connectivity index (χ4n) is 3.74. The van der Waals surface area contributed by atoms with Crippen LogP contribution in [-0.4, -0.2) is 24.4 Å². The van der Waals surface area contributed by atoms with E-state index < -0.39 is 0 Å². The van der Waals surface area contributed by atoms with E-state index >= 15 is 0 Å². The number of hydrogen-bond acceptors (Lipinski definition) is 2. The van der Waals surface area contributed by atoms with Gasteiger partial charge < -0.3 is 10.2 Å². The molecule has 0 atom stereocenters. The Balaban J connectivity index is 1.67. The second-order valence-corrected chi connectivity index (χ2v) is 6.78. The molecule has 23 heavy (non-hydrogen) atoms. The van der Waals surface area contributed by atoms with Gasteiger partial charge >= 0.3 is 0 Å². The molecule has 1 saturated carbocycles. The number of benzene rings is 1. The minimum absolute atomic E-state index is 0.0275. The number of carbonyl (C=O) groups excluding carboxylic acids is 2. The molecule has 3 rings (SSSR count). The zero-order valence-corrected chi connectivity index (χ0v) is 13.9. The van der Waals surface area contributed by atoms with Gasteiger partial charge in [-0.05, 0) is 43.0 Å². The number of amides is 2. The van der Waals surface area contributed by atoms with Crippen LogP contribution in [0.2, 0.25) is 0 Å². The highest BCUT2D eigenvalue weighted by molar-refractivity contribution is 5.98.